The average Bonchev–Trinajstić information content (AvgIpc) is 2.69. The van der Waals surface area contributed by atoms with Gasteiger partial charge in [-0.2, -0.15) is 0 Å². The molecule has 1 aromatic heterocycles. The fraction of sp³-hybridized carbons (Fsp3) is 0.167. The number of hydrogen-bond acceptors (Lipinski definition) is 1. The predicted octanol–water partition coefficient (Wildman–Crippen LogP) is 5.36. The van der Waals surface area contributed by atoms with E-state index in [4.69, 9.17) is 39.2 Å². The number of rotatable bonds is 2. The number of furan rings is 1. The van der Waals surface area contributed by atoms with Crippen LogP contribution < -0.4 is 0 Å². The van der Waals surface area contributed by atoms with Gasteiger partial charge in [-0.3, -0.25) is 0 Å². The Morgan fingerprint density at radius 2 is 1.94 bits per heavy atom. The van der Waals surface area contributed by atoms with Crippen LogP contribution in [0.25, 0.3) is 0 Å². The molecule has 1 unspecified atom stereocenters. The molecule has 0 bridgehead atoms. The number of alkyl halides is 1. The largest absolute Gasteiger partial charge is 0.448 e. The quantitative estimate of drug-likeness (QED) is 0.679. The topological polar surface area (TPSA) is 13.1 Å². The van der Waals surface area contributed by atoms with Crippen LogP contribution in [-0.4, -0.2) is 0 Å². The molecular formula is C12H8Cl3FO. The van der Waals surface area contributed by atoms with Crippen LogP contribution >= 0.6 is 34.8 Å². The molecule has 0 aliphatic heterocycles. The minimum atomic E-state index is -0.589. The molecule has 1 nitrogen and oxygen atoms in total. The van der Waals surface area contributed by atoms with Gasteiger partial charge in [0.05, 0.1) is 0 Å². The summed E-state index contributed by atoms with van der Waals surface area (Å²) in [5.74, 6) is 0.115. The van der Waals surface area contributed by atoms with E-state index >= 15 is 0 Å². The molecule has 0 saturated heterocycles. The van der Waals surface area contributed by atoms with Gasteiger partial charge in [0.25, 0.3) is 0 Å². The summed E-state index contributed by atoms with van der Waals surface area (Å²) in [5, 5.41) is -0.0736. The minimum absolute atomic E-state index is 0.251. The van der Waals surface area contributed by atoms with Gasteiger partial charge in [0.2, 0.25) is 0 Å². The van der Waals surface area contributed by atoms with E-state index in [9.17, 15) is 4.39 Å². The van der Waals surface area contributed by atoms with Crippen LogP contribution in [0.3, 0.4) is 0 Å². The zero-order valence-corrected chi connectivity index (χ0v) is 11.1. The Bertz CT molecular complexity index is 551. The highest BCUT2D eigenvalue weighted by Crippen LogP contribution is 2.36. The van der Waals surface area contributed by atoms with Gasteiger partial charge < -0.3 is 4.42 Å². The van der Waals surface area contributed by atoms with Crippen molar-refractivity contribution in [3.8, 4) is 0 Å². The highest BCUT2D eigenvalue weighted by Gasteiger charge is 2.19. The van der Waals surface area contributed by atoms with Crippen LogP contribution in [-0.2, 0) is 0 Å². The number of halogens is 4. The summed E-state index contributed by atoms with van der Waals surface area (Å²) in [6.07, 6.45) is 0. The van der Waals surface area contributed by atoms with Crippen molar-refractivity contribution < 1.29 is 8.81 Å². The monoisotopic (exact) mass is 292 g/mol. The zero-order valence-electron chi connectivity index (χ0n) is 8.81. The summed E-state index contributed by atoms with van der Waals surface area (Å²) in [6.45, 7) is 1.65. The standard InChI is InChI=1S/C12H8Cl3FO/c1-6-4-7(8(13)5-9(6)16)12(15)10-2-3-11(14)17-10/h2-5,12H,1H3. The Morgan fingerprint density at radius 1 is 1.24 bits per heavy atom. The normalized spacial score (nSPS) is 12.8. The first kappa shape index (κ1) is 12.7. The van der Waals surface area contributed by atoms with Crippen LogP contribution in [0.5, 0.6) is 0 Å². The first-order chi connectivity index (χ1) is 7.99. The lowest BCUT2D eigenvalue weighted by Gasteiger charge is -2.10. The third-order valence-electron chi connectivity index (χ3n) is 2.39. The lowest BCUT2D eigenvalue weighted by Crippen LogP contribution is -1.95. The first-order valence-corrected chi connectivity index (χ1v) is 6.03. The molecule has 2 rings (SSSR count). The molecule has 0 saturated carbocycles. The predicted molar refractivity (Wildman–Crippen MR) is 67.6 cm³/mol. The maximum absolute atomic E-state index is 13.3. The molecule has 0 radical (unpaired) electrons. The van der Waals surface area contributed by atoms with Crippen molar-refractivity contribution >= 4 is 34.8 Å². The second kappa shape index (κ2) is 4.89. The van der Waals surface area contributed by atoms with Gasteiger partial charge in [-0.15, -0.1) is 11.6 Å². The van der Waals surface area contributed by atoms with Crippen molar-refractivity contribution in [3.63, 3.8) is 0 Å². The second-order valence-electron chi connectivity index (χ2n) is 3.63. The molecule has 17 heavy (non-hydrogen) atoms. The summed E-state index contributed by atoms with van der Waals surface area (Å²) in [4.78, 5) is 0. The molecule has 1 heterocycles. The minimum Gasteiger partial charge on any atom is -0.448 e. The smallest absolute Gasteiger partial charge is 0.193 e. The second-order valence-corrected chi connectivity index (χ2v) is 4.84. The van der Waals surface area contributed by atoms with Gasteiger partial charge in [-0.25, -0.2) is 4.39 Å². The van der Waals surface area contributed by atoms with Gasteiger partial charge >= 0.3 is 0 Å². The summed E-state index contributed by atoms with van der Waals surface area (Å²) in [5.41, 5.74) is 1.07. The number of benzene rings is 1. The van der Waals surface area contributed by atoms with E-state index in [1.165, 1.54) is 6.07 Å². The Morgan fingerprint density at radius 3 is 2.53 bits per heavy atom. The highest BCUT2D eigenvalue weighted by atomic mass is 35.5. The van der Waals surface area contributed by atoms with Crippen molar-refractivity contribution in [3.05, 3.63) is 57.2 Å². The summed E-state index contributed by atoms with van der Waals surface area (Å²) < 4.78 is 18.5. The van der Waals surface area contributed by atoms with Crippen molar-refractivity contribution in [2.45, 2.75) is 12.3 Å². The van der Waals surface area contributed by atoms with Gasteiger partial charge in [-0.05, 0) is 53.9 Å². The molecule has 2 aromatic rings. The number of hydrogen-bond donors (Lipinski definition) is 0. The fourth-order valence-electron chi connectivity index (χ4n) is 1.49. The molecule has 0 aliphatic carbocycles. The van der Waals surface area contributed by atoms with E-state index in [2.05, 4.69) is 0 Å². The van der Waals surface area contributed by atoms with Gasteiger partial charge in [-0.1, -0.05) is 11.6 Å². The van der Waals surface area contributed by atoms with Crippen LogP contribution in [0, 0.1) is 12.7 Å². The first-order valence-electron chi connectivity index (χ1n) is 4.84. The lowest BCUT2D eigenvalue weighted by atomic mass is 10.1. The zero-order chi connectivity index (χ0) is 12.6. The van der Waals surface area contributed by atoms with Crippen LogP contribution in [0.1, 0.15) is 22.3 Å². The van der Waals surface area contributed by atoms with E-state index in [0.717, 1.165) is 0 Å². The van der Waals surface area contributed by atoms with Crippen LogP contribution in [0.15, 0.2) is 28.7 Å². The third kappa shape index (κ3) is 2.59. The molecule has 0 N–H and O–H groups in total. The van der Waals surface area contributed by atoms with E-state index in [0.29, 0.717) is 16.9 Å². The molecule has 0 spiro atoms. The van der Waals surface area contributed by atoms with Crippen molar-refractivity contribution in [2.75, 3.05) is 0 Å². The molecule has 5 heteroatoms. The van der Waals surface area contributed by atoms with Gasteiger partial charge in [0.15, 0.2) is 5.22 Å². The summed E-state index contributed by atoms with van der Waals surface area (Å²) in [7, 11) is 0. The van der Waals surface area contributed by atoms with E-state index < -0.39 is 5.38 Å². The molecule has 1 aromatic carbocycles. The Labute approximate surface area is 113 Å². The van der Waals surface area contributed by atoms with E-state index in [1.807, 2.05) is 0 Å². The Hall–Kier alpha value is -0.700. The number of aryl methyl sites for hydroxylation is 1. The average molecular weight is 294 g/mol. The Balaban J connectivity index is 2.43. The van der Waals surface area contributed by atoms with Gasteiger partial charge in [0, 0.05) is 5.02 Å². The fourth-order valence-corrected chi connectivity index (χ4v) is 2.26. The molecule has 0 aliphatic rings. The van der Waals surface area contributed by atoms with Crippen molar-refractivity contribution in [2.24, 2.45) is 0 Å². The maximum Gasteiger partial charge on any atom is 0.193 e. The van der Waals surface area contributed by atoms with Crippen LogP contribution in [0.2, 0.25) is 10.2 Å². The highest BCUT2D eigenvalue weighted by molar-refractivity contribution is 6.33. The van der Waals surface area contributed by atoms with Gasteiger partial charge in [0.1, 0.15) is 17.0 Å². The lowest BCUT2D eigenvalue weighted by molar-refractivity contribution is 0.518. The molecule has 90 valence electrons. The van der Waals surface area contributed by atoms with Crippen molar-refractivity contribution in [1.29, 1.82) is 0 Å². The maximum atomic E-state index is 13.3. The Kier molecular flexibility index (Phi) is 3.67. The molecular weight excluding hydrogens is 285 g/mol. The van der Waals surface area contributed by atoms with E-state index in [-0.39, 0.29) is 16.1 Å². The third-order valence-corrected chi connectivity index (χ3v) is 3.38. The van der Waals surface area contributed by atoms with Crippen molar-refractivity contribution in [1.82, 2.24) is 0 Å². The molecule has 0 amide bonds. The SMILES string of the molecule is Cc1cc(C(Cl)c2ccc(Cl)o2)c(Cl)cc1F. The molecule has 0 fully saturated rings. The molecule has 1 atom stereocenters. The van der Waals surface area contributed by atoms with Crippen LogP contribution in [0.4, 0.5) is 4.39 Å². The summed E-state index contributed by atoms with van der Waals surface area (Å²) in [6, 6.07) is 6.10. The van der Waals surface area contributed by atoms with E-state index in [1.54, 1.807) is 25.1 Å². The summed E-state index contributed by atoms with van der Waals surface area (Å²) >= 11 is 17.8.